The summed E-state index contributed by atoms with van der Waals surface area (Å²) >= 11 is 22.3. The molecule has 2 spiro atoms. The van der Waals surface area contributed by atoms with Crippen molar-refractivity contribution in [2.45, 2.75) is 16.2 Å². The summed E-state index contributed by atoms with van der Waals surface area (Å²) in [6, 6.07) is 154. The number of hydrogen-bond donors (Lipinski definition) is 0. The van der Waals surface area contributed by atoms with E-state index >= 15 is 0 Å². The van der Waals surface area contributed by atoms with Gasteiger partial charge in [0.05, 0.1) is 67.5 Å². The third-order valence-corrected chi connectivity index (χ3v) is 30.4. The van der Waals surface area contributed by atoms with Crippen molar-refractivity contribution >= 4 is 95.6 Å². The maximum Gasteiger partial charge on any atom is 0.0894 e. The van der Waals surface area contributed by atoms with Crippen LogP contribution in [0.1, 0.15) is 66.8 Å². The van der Waals surface area contributed by atoms with Crippen LogP contribution >= 0.6 is 95.6 Å². The van der Waals surface area contributed by atoms with E-state index in [0.29, 0.717) is 0 Å². The number of nitrogens with zero attached hydrogens (tertiary/aromatic N) is 6. The van der Waals surface area contributed by atoms with E-state index in [-0.39, 0.29) is 0 Å². The Morgan fingerprint density at radius 3 is 0.726 bits per heavy atom. The molecule has 6 heterocycles. The van der Waals surface area contributed by atoms with Crippen molar-refractivity contribution in [1.82, 2.24) is 29.9 Å². The zero-order valence-electron chi connectivity index (χ0n) is 72.2. The molecule has 0 unspecified atom stereocenters. The first-order valence-electron chi connectivity index (χ1n) is 44.8. The summed E-state index contributed by atoms with van der Waals surface area (Å²) in [6.07, 6.45) is 5.46. The summed E-state index contributed by atoms with van der Waals surface area (Å²) in [5.74, 6) is 0. The van der Waals surface area contributed by atoms with Gasteiger partial charge in [-0.1, -0.05) is 362 Å². The second kappa shape index (κ2) is 34.5. The van der Waals surface area contributed by atoms with Crippen LogP contribution in [0.5, 0.6) is 0 Å². The van der Waals surface area contributed by atoms with E-state index in [2.05, 4.69) is 487 Å². The maximum atomic E-state index is 5.32. The summed E-state index contributed by atoms with van der Waals surface area (Å²) in [7, 11) is 0. The predicted molar refractivity (Wildman–Crippen MR) is 571 cm³/mol. The number of rotatable bonds is 11. The van der Waals surface area contributed by atoms with Crippen LogP contribution in [0, 0.1) is 0 Å². The average Bonchev–Trinajstić information content (AvgIpc) is 1.52. The standard InChI is InChI=1S/2C41H24Br2N2.C41H26Br2N2/c42-27-15-12-25(13-16-27)40-29(20-21-39(45-40)38-11-5-6-22-44-38)26-14-18-32-33-19-17-28(43)24-37(33)41(36(32)23-26)34-9-3-1-7-30(34)31-8-2-4-10-35(31)41;42-27-15-12-25(13-16-27)29-20-21-39(38-11-5-6-22-44-38)45-40(29)26-14-18-32-33-19-17-28(43)24-37(33)41(36(32)23-26)34-9-3-1-7-30(34)31-8-2-4-10-35(31)41;42-31-17-14-27(15-18-31)33-22-23-39(38-13-7-8-24-44-38)45-40(33)28-16-20-34-35-21-19-32(43)26-37(35)41(36(34)25-28,29-9-3-1-4-10-29)30-11-5-2-6-12-30/h2*1-24H;1-26H. The first kappa shape index (κ1) is 84.1. The van der Waals surface area contributed by atoms with Crippen LogP contribution in [-0.2, 0) is 16.2 Å². The van der Waals surface area contributed by atoms with E-state index in [4.69, 9.17) is 15.0 Å². The molecule has 0 saturated heterocycles. The van der Waals surface area contributed by atoms with Gasteiger partial charge in [0.25, 0.3) is 0 Å². The lowest BCUT2D eigenvalue weighted by Crippen LogP contribution is -2.28. The number of benzene rings is 15. The second-order valence-corrected chi connectivity index (χ2v) is 40.0. The number of aromatic nitrogens is 6. The second-order valence-electron chi connectivity index (χ2n) is 34.5. The van der Waals surface area contributed by atoms with Gasteiger partial charge < -0.3 is 0 Å². The van der Waals surface area contributed by atoms with Gasteiger partial charge in [-0.15, -0.1) is 0 Å². The molecule has 135 heavy (non-hydrogen) atoms. The summed E-state index contributed by atoms with van der Waals surface area (Å²) in [6.45, 7) is 0. The summed E-state index contributed by atoms with van der Waals surface area (Å²) in [4.78, 5) is 29.7. The van der Waals surface area contributed by atoms with Gasteiger partial charge >= 0.3 is 0 Å². The van der Waals surface area contributed by atoms with Crippen molar-refractivity contribution < 1.29 is 0 Å². The average molecular weight is 2120 g/mol. The van der Waals surface area contributed by atoms with E-state index in [1.54, 1.807) is 0 Å². The van der Waals surface area contributed by atoms with E-state index in [1.807, 2.05) is 73.2 Å². The monoisotopic (exact) mass is 2110 g/mol. The molecule has 5 aliphatic carbocycles. The Balaban J connectivity index is 0.000000111. The number of hydrogen-bond acceptors (Lipinski definition) is 6. The highest BCUT2D eigenvalue weighted by molar-refractivity contribution is 9.11. The molecule has 0 bridgehead atoms. The Morgan fingerprint density at radius 1 is 0.148 bits per heavy atom. The van der Waals surface area contributed by atoms with Crippen LogP contribution in [0.15, 0.2) is 476 Å². The quantitative estimate of drug-likeness (QED) is 0.128. The lowest BCUT2D eigenvalue weighted by atomic mass is 9.67. The van der Waals surface area contributed by atoms with Crippen LogP contribution < -0.4 is 0 Å². The molecule has 26 rings (SSSR count). The minimum atomic E-state index is -0.511. The van der Waals surface area contributed by atoms with Gasteiger partial charge in [-0.05, 0) is 303 Å². The van der Waals surface area contributed by atoms with Crippen LogP contribution in [0.3, 0.4) is 0 Å². The molecule has 0 radical (unpaired) electrons. The Bertz CT molecular complexity index is 7920. The van der Waals surface area contributed by atoms with Crippen LogP contribution in [0.2, 0.25) is 0 Å². The Labute approximate surface area is 833 Å². The van der Waals surface area contributed by atoms with Crippen LogP contribution in [-0.4, -0.2) is 29.9 Å². The van der Waals surface area contributed by atoms with E-state index < -0.39 is 16.2 Å². The molecule has 21 aromatic rings. The molecule has 6 nitrogen and oxygen atoms in total. The van der Waals surface area contributed by atoms with Crippen molar-refractivity contribution in [3.8, 4) is 157 Å². The minimum absolute atomic E-state index is 0.420. The van der Waals surface area contributed by atoms with E-state index in [0.717, 1.165) is 128 Å². The largest absolute Gasteiger partial charge is 0.255 e. The van der Waals surface area contributed by atoms with Gasteiger partial charge in [0.2, 0.25) is 0 Å². The van der Waals surface area contributed by atoms with Gasteiger partial charge in [0.15, 0.2) is 0 Å². The molecule has 0 atom stereocenters. The molecule has 6 aromatic heterocycles. The maximum absolute atomic E-state index is 5.32. The Hall–Kier alpha value is -13.9. The van der Waals surface area contributed by atoms with Gasteiger partial charge in [-0.2, -0.15) is 0 Å². The number of halogens is 6. The Morgan fingerprint density at radius 2 is 0.385 bits per heavy atom. The third kappa shape index (κ3) is 14.1. The highest BCUT2D eigenvalue weighted by atomic mass is 79.9. The van der Waals surface area contributed by atoms with Crippen molar-refractivity contribution in [3.05, 3.63) is 543 Å². The highest BCUT2D eigenvalue weighted by Crippen LogP contribution is 2.67. The first-order chi connectivity index (χ1) is 66.4. The molecule has 15 aromatic carbocycles. The van der Waals surface area contributed by atoms with E-state index in [1.165, 1.54) is 122 Å². The number of fused-ring (bicyclic) bond motifs is 23. The van der Waals surface area contributed by atoms with Gasteiger partial charge in [0.1, 0.15) is 0 Å². The fourth-order valence-electron chi connectivity index (χ4n) is 21.7. The fourth-order valence-corrected chi connectivity index (χ4v) is 23.6. The summed E-state index contributed by atoms with van der Waals surface area (Å²) in [5, 5.41) is 0. The smallest absolute Gasteiger partial charge is 0.0894 e. The normalized spacial score (nSPS) is 13.1. The van der Waals surface area contributed by atoms with Crippen molar-refractivity contribution in [2.75, 3.05) is 0 Å². The molecule has 12 heteroatoms. The van der Waals surface area contributed by atoms with Crippen molar-refractivity contribution in [2.24, 2.45) is 0 Å². The highest BCUT2D eigenvalue weighted by Gasteiger charge is 2.54. The first-order valence-corrected chi connectivity index (χ1v) is 49.6. The summed E-state index contributed by atoms with van der Waals surface area (Å²) in [5.41, 5.74) is 44.6. The molecule has 0 N–H and O–H groups in total. The topological polar surface area (TPSA) is 77.3 Å². The molecule has 0 aliphatic heterocycles. The fraction of sp³-hybridized carbons (Fsp3) is 0.0244. The molecule has 0 fully saturated rings. The van der Waals surface area contributed by atoms with Crippen LogP contribution in [0.4, 0.5) is 0 Å². The zero-order chi connectivity index (χ0) is 90.6. The van der Waals surface area contributed by atoms with Crippen molar-refractivity contribution in [3.63, 3.8) is 0 Å². The molecule has 0 amide bonds. The zero-order valence-corrected chi connectivity index (χ0v) is 81.7. The predicted octanol–water partition coefficient (Wildman–Crippen LogP) is 34.1. The van der Waals surface area contributed by atoms with Crippen LogP contribution in [0.25, 0.3) is 157 Å². The molecule has 638 valence electrons. The van der Waals surface area contributed by atoms with Gasteiger partial charge in [-0.3, -0.25) is 15.0 Å². The van der Waals surface area contributed by atoms with Crippen molar-refractivity contribution in [1.29, 1.82) is 0 Å². The molecule has 5 aliphatic rings. The van der Waals surface area contributed by atoms with Gasteiger partial charge in [0, 0.05) is 78.8 Å². The molecular weight excluding hydrogens is 2040 g/mol. The minimum Gasteiger partial charge on any atom is -0.255 e. The Kier molecular flexibility index (Phi) is 21.5. The lowest BCUT2D eigenvalue weighted by Gasteiger charge is -2.34. The summed E-state index contributed by atoms with van der Waals surface area (Å²) < 4.78 is 6.36. The molecule has 0 saturated carbocycles. The third-order valence-electron chi connectivity index (χ3n) is 27.4. The number of pyridine rings is 6. The SMILES string of the molecule is Brc1ccc(-c2ccc(-c3ccccn3)nc2-c2ccc3c(c2)C(c2ccccc2)(c2ccccc2)c2cc(Br)ccc2-3)cc1.Brc1ccc(-c2ccc(-c3ccccn3)nc2-c2ccc3c(c2)C2(c4ccccc4-c4ccccc42)c2cc(Br)ccc2-3)cc1.Brc1ccc(-c2nc(-c3ccccn3)ccc2-c2ccc3c(c2)C2(c4ccccc4-c4ccccc42)c2cc(Br)ccc2-3)cc1. The van der Waals surface area contributed by atoms with Gasteiger partial charge in [-0.25, -0.2) is 15.0 Å². The lowest BCUT2D eigenvalue weighted by molar-refractivity contribution is 0.768. The van der Waals surface area contributed by atoms with E-state index in [9.17, 15) is 0 Å². The molecular formula is C123H74Br6N6.